The Morgan fingerprint density at radius 2 is 2.24 bits per heavy atom. The van der Waals surface area contributed by atoms with E-state index in [0.717, 1.165) is 24.9 Å². The molecule has 0 saturated heterocycles. The van der Waals surface area contributed by atoms with Crippen LogP contribution in [0.2, 0.25) is 0 Å². The lowest BCUT2D eigenvalue weighted by atomic mass is 10.1. The molecule has 1 unspecified atom stereocenters. The molecular formula is C14H22N2O. The van der Waals surface area contributed by atoms with Crippen LogP contribution in [0, 0.1) is 5.92 Å². The molecule has 0 spiro atoms. The van der Waals surface area contributed by atoms with E-state index in [2.05, 4.69) is 11.4 Å². The first-order chi connectivity index (χ1) is 8.17. The molecule has 17 heavy (non-hydrogen) atoms. The normalized spacial score (nSPS) is 12.2. The molecule has 94 valence electrons. The van der Waals surface area contributed by atoms with Crippen LogP contribution in [-0.4, -0.2) is 12.5 Å². The molecule has 3 heteroatoms. The molecule has 0 heterocycles. The fourth-order valence-electron chi connectivity index (χ4n) is 1.56. The number of nitrogens with one attached hydrogen (secondary N) is 1. The minimum absolute atomic E-state index is 0.0581. The Morgan fingerprint density at radius 3 is 2.88 bits per heavy atom. The smallest absolute Gasteiger partial charge is 0.227 e. The monoisotopic (exact) mass is 234 g/mol. The zero-order valence-electron chi connectivity index (χ0n) is 10.7. The molecule has 1 aromatic carbocycles. The van der Waals surface area contributed by atoms with Crippen molar-refractivity contribution in [3.05, 3.63) is 29.8 Å². The van der Waals surface area contributed by atoms with E-state index in [1.54, 1.807) is 0 Å². The Labute approximate surface area is 103 Å². The maximum atomic E-state index is 11.7. The first-order valence-electron chi connectivity index (χ1n) is 6.27. The lowest BCUT2D eigenvalue weighted by molar-refractivity contribution is -0.119. The summed E-state index contributed by atoms with van der Waals surface area (Å²) in [6.45, 7) is 4.65. The van der Waals surface area contributed by atoms with Crippen LogP contribution in [0.4, 0.5) is 5.69 Å². The highest BCUT2D eigenvalue weighted by Gasteiger charge is 2.10. The van der Waals surface area contributed by atoms with Gasteiger partial charge in [-0.3, -0.25) is 4.79 Å². The van der Waals surface area contributed by atoms with E-state index in [0.29, 0.717) is 6.54 Å². The number of anilines is 1. The van der Waals surface area contributed by atoms with Crippen molar-refractivity contribution in [1.29, 1.82) is 0 Å². The van der Waals surface area contributed by atoms with Gasteiger partial charge in [-0.1, -0.05) is 26.0 Å². The van der Waals surface area contributed by atoms with Gasteiger partial charge in [0.05, 0.1) is 0 Å². The third-order valence-electron chi connectivity index (χ3n) is 2.92. The van der Waals surface area contributed by atoms with Gasteiger partial charge in [0.1, 0.15) is 0 Å². The van der Waals surface area contributed by atoms with Gasteiger partial charge in [0.15, 0.2) is 0 Å². The Morgan fingerprint density at radius 1 is 1.47 bits per heavy atom. The van der Waals surface area contributed by atoms with Crippen LogP contribution in [0.5, 0.6) is 0 Å². The summed E-state index contributed by atoms with van der Waals surface area (Å²) in [4.78, 5) is 11.7. The predicted octanol–water partition coefficient (Wildman–Crippen LogP) is 2.56. The van der Waals surface area contributed by atoms with Crippen molar-refractivity contribution >= 4 is 11.6 Å². The van der Waals surface area contributed by atoms with Crippen molar-refractivity contribution in [1.82, 2.24) is 0 Å². The van der Waals surface area contributed by atoms with E-state index in [1.807, 2.05) is 32.0 Å². The number of benzene rings is 1. The minimum Gasteiger partial charge on any atom is -0.330 e. The molecule has 0 bridgehead atoms. The van der Waals surface area contributed by atoms with Crippen LogP contribution in [0.15, 0.2) is 24.3 Å². The van der Waals surface area contributed by atoms with Crippen molar-refractivity contribution in [3.8, 4) is 0 Å². The second-order valence-corrected chi connectivity index (χ2v) is 4.39. The molecule has 3 nitrogen and oxygen atoms in total. The molecule has 0 fully saturated rings. The number of rotatable bonds is 6. The Kier molecular flexibility index (Phi) is 5.70. The number of carbonyl (C=O) groups excluding carboxylic acids is 1. The minimum atomic E-state index is 0.0581. The summed E-state index contributed by atoms with van der Waals surface area (Å²) >= 11 is 0. The fraction of sp³-hybridized carbons (Fsp3) is 0.500. The number of amides is 1. The molecule has 1 amide bonds. The molecule has 1 atom stereocenters. The lowest BCUT2D eigenvalue weighted by Crippen LogP contribution is -2.19. The van der Waals surface area contributed by atoms with E-state index in [9.17, 15) is 4.79 Å². The van der Waals surface area contributed by atoms with Gasteiger partial charge in [-0.2, -0.15) is 0 Å². The molecule has 0 aliphatic rings. The largest absolute Gasteiger partial charge is 0.330 e. The number of aryl methyl sites for hydroxylation is 1. The molecule has 0 aromatic heterocycles. The lowest BCUT2D eigenvalue weighted by Gasteiger charge is -2.11. The third kappa shape index (κ3) is 4.57. The van der Waals surface area contributed by atoms with Gasteiger partial charge in [0.2, 0.25) is 5.91 Å². The van der Waals surface area contributed by atoms with Crippen LogP contribution in [0.1, 0.15) is 32.3 Å². The second kappa shape index (κ2) is 7.07. The zero-order chi connectivity index (χ0) is 12.7. The van der Waals surface area contributed by atoms with E-state index in [-0.39, 0.29) is 11.8 Å². The Balaban J connectivity index is 2.62. The van der Waals surface area contributed by atoms with Crippen LogP contribution in [0.25, 0.3) is 0 Å². The van der Waals surface area contributed by atoms with Crippen molar-refractivity contribution < 1.29 is 4.79 Å². The summed E-state index contributed by atoms with van der Waals surface area (Å²) in [5, 5.41) is 2.94. The van der Waals surface area contributed by atoms with Crippen molar-refractivity contribution in [2.75, 3.05) is 11.9 Å². The van der Waals surface area contributed by atoms with E-state index >= 15 is 0 Å². The predicted molar refractivity (Wildman–Crippen MR) is 71.9 cm³/mol. The van der Waals surface area contributed by atoms with E-state index in [1.165, 1.54) is 5.56 Å². The topological polar surface area (TPSA) is 55.1 Å². The molecule has 1 rings (SSSR count). The van der Waals surface area contributed by atoms with Crippen molar-refractivity contribution in [2.45, 2.75) is 33.1 Å². The summed E-state index contributed by atoms with van der Waals surface area (Å²) in [7, 11) is 0. The molecule has 1 aromatic rings. The maximum absolute atomic E-state index is 11.7. The van der Waals surface area contributed by atoms with Gasteiger partial charge >= 0.3 is 0 Å². The average molecular weight is 234 g/mol. The second-order valence-electron chi connectivity index (χ2n) is 4.39. The summed E-state index contributed by atoms with van der Waals surface area (Å²) in [5.74, 6) is 0.145. The van der Waals surface area contributed by atoms with Gasteiger partial charge in [0.25, 0.3) is 0 Å². The zero-order valence-corrected chi connectivity index (χ0v) is 10.7. The van der Waals surface area contributed by atoms with E-state index < -0.39 is 0 Å². The van der Waals surface area contributed by atoms with Gasteiger partial charge in [-0.15, -0.1) is 0 Å². The Bertz CT molecular complexity index is 363. The highest BCUT2D eigenvalue weighted by Crippen LogP contribution is 2.14. The highest BCUT2D eigenvalue weighted by molar-refractivity contribution is 5.92. The highest BCUT2D eigenvalue weighted by atomic mass is 16.1. The first-order valence-corrected chi connectivity index (χ1v) is 6.27. The summed E-state index contributed by atoms with van der Waals surface area (Å²) in [6, 6.07) is 7.98. The summed E-state index contributed by atoms with van der Waals surface area (Å²) < 4.78 is 0. The number of hydrogen-bond donors (Lipinski definition) is 2. The van der Waals surface area contributed by atoms with Gasteiger partial charge in [-0.25, -0.2) is 0 Å². The Hall–Kier alpha value is -1.35. The molecule has 0 aliphatic carbocycles. The summed E-state index contributed by atoms with van der Waals surface area (Å²) in [5.41, 5.74) is 7.58. The summed E-state index contributed by atoms with van der Waals surface area (Å²) in [6.07, 6.45) is 2.80. The van der Waals surface area contributed by atoms with Gasteiger partial charge in [0, 0.05) is 11.6 Å². The van der Waals surface area contributed by atoms with Gasteiger partial charge in [-0.05, 0) is 43.5 Å². The SMILES string of the molecule is CCC(C)C(=O)Nc1cccc(CCCN)c1. The van der Waals surface area contributed by atoms with Gasteiger partial charge < -0.3 is 11.1 Å². The third-order valence-corrected chi connectivity index (χ3v) is 2.92. The molecule has 3 N–H and O–H groups in total. The fourth-order valence-corrected chi connectivity index (χ4v) is 1.56. The maximum Gasteiger partial charge on any atom is 0.227 e. The average Bonchev–Trinajstić information content (AvgIpc) is 2.35. The standard InChI is InChI=1S/C14H22N2O/c1-3-11(2)14(17)16-13-8-4-6-12(10-13)7-5-9-15/h4,6,8,10-11H,3,5,7,9,15H2,1-2H3,(H,16,17). The van der Waals surface area contributed by atoms with Crippen LogP contribution in [-0.2, 0) is 11.2 Å². The molecule has 0 aliphatic heterocycles. The number of nitrogens with two attached hydrogens (primary N) is 1. The van der Waals surface area contributed by atoms with Crippen molar-refractivity contribution in [3.63, 3.8) is 0 Å². The molecular weight excluding hydrogens is 212 g/mol. The number of carbonyl (C=O) groups is 1. The molecule has 0 saturated carbocycles. The van der Waals surface area contributed by atoms with Crippen LogP contribution >= 0.6 is 0 Å². The molecule has 0 radical (unpaired) electrons. The van der Waals surface area contributed by atoms with Crippen molar-refractivity contribution in [2.24, 2.45) is 11.7 Å². The van der Waals surface area contributed by atoms with Crippen LogP contribution in [0.3, 0.4) is 0 Å². The van der Waals surface area contributed by atoms with E-state index in [4.69, 9.17) is 5.73 Å². The quantitative estimate of drug-likeness (QED) is 0.794. The number of hydrogen-bond acceptors (Lipinski definition) is 2. The van der Waals surface area contributed by atoms with Crippen LogP contribution < -0.4 is 11.1 Å². The first kappa shape index (κ1) is 13.7.